The summed E-state index contributed by atoms with van der Waals surface area (Å²) in [5.74, 6) is 0.354. The van der Waals surface area contributed by atoms with Crippen LogP contribution in [0.25, 0.3) is 0 Å². The normalized spacial score (nSPS) is 27.5. The lowest BCUT2D eigenvalue weighted by molar-refractivity contribution is 0.167. The minimum Gasteiger partial charge on any atom is -0.316 e. The van der Waals surface area contributed by atoms with E-state index in [0.717, 1.165) is 18.7 Å². The van der Waals surface area contributed by atoms with Gasteiger partial charge in [-0.15, -0.1) is 0 Å². The van der Waals surface area contributed by atoms with Crippen molar-refractivity contribution in [2.45, 2.75) is 38.0 Å². The number of hydrogen-bond acceptors (Lipinski definition) is 1. The van der Waals surface area contributed by atoms with Crippen LogP contribution in [0.5, 0.6) is 0 Å². The molecule has 1 atom stereocenters. The fraction of sp³-hybridized carbons (Fsp3) is 0.600. The molecule has 3 rings (SSSR count). The Morgan fingerprint density at radius 2 is 1.88 bits per heavy atom. The minimum absolute atomic E-state index is 0.0209. The smallest absolute Gasteiger partial charge is 0.126 e. The molecule has 2 aliphatic rings. The third-order valence-corrected chi connectivity index (χ3v) is 4.77. The van der Waals surface area contributed by atoms with Gasteiger partial charge in [0.1, 0.15) is 5.82 Å². The van der Waals surface area contributed by atoms with Gasteiger partial charge in [-0.05, 0) is 42.9 Å². The van der Waals surface area contributed by atoms with Gasteiger partial charge in [0.2, 0.25) is 0 Å². The molecule has 1 spiro atoms. The summed E-state index contributed by atoms with van der Waals surface area (Å²) in [7, 11) is 0. The third kappa shape index (κ3) is 1.89. The van der Waals surface area contributed by atoms with Crippen LogP contribution in [0, 0.1) is 11.2 Å². The second kappa shape index (κ2) is 4.41. The van der Waals surface area contributed by atoms with Gasteiger partial charge < -0.3 is 5.32 Å². The summed E-state index contributed by atoms with van der Waals surface area (Å²) in [6.07, 6.45) is 6.43. The average Bonchev–Trinajstić information content (AvgIpc) is 2.80. The Kier molecular flexibility index (Phi) is 2.91. The van der Waals surface area contributed by atoms with Crippen molar-refractivity contribution in [3.63, 3.8) is 0 Å². The van der Waals surface area contributed by atoms with E-state index in [1.165, 1.54) is 32.1 Å². The highest BCUT2D eigenvalue weighted by atomic mass is 19.1. The van der Waals surface area contributed by atoms with Gasteiger partial charge in [0.15, 0.2) is 0 Å². The van der Waals surface area contributed by atoms with E-state index in [1.807, 2.05) is 12.1 Å². The molecule has 1 unspecified atom stereocenters. The summed E-state index contributed by atoms with van der Waals surface area (Å²) in [6, 6.07) is 7.34. The standard InChI is InChI=1S/C15H20FN/c16-14-6-2-1-5-12(14)13-11-17-10-9-15(13)7-3-4-8-15/h1-2,5-6,13,17H,3-4,7-11H2. The van der Waals surface area contributed by atoms with Crippen molar-refractivity contribution in [2.24, 2.45) is 5.41 Å². The first-order valence-electron chi connectivity index (χ1n) is 6.77. The molecule has 1 aliphatic carbocycles. The van der Waals surface area contributed by atoms with Gasteiger partial charge in [-0.2, -0.15) is 0 Å². The van der Waals surface area contributed by atoms with E-state index in [4.69, 9.17) is 0 Å². The lowest BCUT2D eigenvalue weighted by Crippen LogP contribution is -2.42. The molecule has 2 heteroatoms. The number of nitrogens with one attached hydrogen (secondary N) is 1. The van der Waals surface area contributed by atoms with Crippen LogP contribution in [0.2, 0.25) is 0 Å². The van der Waals surface area contributed by atoms with E-state index in [0.29, 0.717) is 11.3 Å². The van der Waals surface area contributed by atoms with Crippen LogP contribution in [-0.2, 0) is 0 Å². The molecule has 1 saturated heterocycles. The Bertz CT molecular complexity index is 396. The van der Waals surface area contributed by atoms with Gasteiger partial charge in [-0.1, -0.05) is 31.0 Å². The van der Waals surface area contributed by atoms with Crippen molar-refractivity contribution in [3.05, 3.63) is 35.6 Å². The molecule has 0 amide bonds. The average molecular weight is 233 g/mol. The van der Waals surface area contributed by atoms with Gasteiger partial charge in [-0.3, -0.25) is 0 Å². The van der Waals surface area contributed by atoms with Gasteiger partial charge in [0.25, 0.3) is 0 Å². The van der Waals surface area contributed by atoms with Crippen LogP contribution in [0.4, 0.5) is 4.39 Å². The highest BCUT2D eigenvalue weighted by Crippen LogP contribution is 2.52. The summed E-state index contributed by atoms with van der Waals surface area (Å²) >= 11 is 0. The van der Waals surface area contributed by atoms with Crippen molar-refractivity contribution in [1.29, 1.82) is 0 Å². The van der Waals surface area contributed by atoms with Crippen molar-refractivity contribution in [2.75, 3.05) is 13.1 Å². The van der Waals surface area contributed by atoms with E-state index < -0.39 is 0 Å². The topological polar surface area (TPSA) is 12.0 Å². The molecule has 1 aliphatic heterocycles. The van der Waals surface area contributed by atoms with Crippen molar-refractivity contribution >= 4 is 0 Å². The van der Waals surface area contributed by atoms with Gasteiger partial charge in [0, 0.05) is 12.5 Å². The minimum atomic E-state index is -0.0209. The van der Waals surface area contributed by atoms with Crippen molar-refractivity contribution in [3.8, 4) is 0 Å². The lowest BCUT2D eigenvalue weighted by atomic mass is 9.66. The first kappa shape index (κ1) is 11.2. The largest absolute Gasteiger partial charge is 0.316 e. The maximum Gasteiger partial charge on any atom is 0.126 e. The Hall–Kier alpha value is -0.890. The second-order valence-corrected chi connectivity index (χ2v) is 5.60. The molecule has 17 heavy (non-hydrogen) atoms. The monoisotopic (exact) mass is 233 g/mol. The summed E-state index contributed by atoms with van der Waals surface area (Å²) < 4.78 is 14.0. The molecule has 1 saturated carbocycles. The first-order valence-corrected chi connectivity index (χ1v) is 6.77. The highest BCUT2D eigenvalue weighted by Gasteiger charge is 2.43. The fourth-order valence-corrected chi connectivity index (χ4v) is 3.85. The Morgan fingerprint density at radius 1 is 1.12 bits per heavy atom. The molecule has 1 nitrogen and oxygen atoms in total. The van der Waals surface area contributed by atoms with E-state index in [-0.39, 0.29) is 5.82 Å². The third-order valence-electron chi connectivity index (χ3n) is 4.77. The molecule has 1 aromatic rings. The zero-order valence-corrected chi connectivity index (χ0v) is 10.2. The Balaban J connectivity index is 1.97. The summed E-state index contributed by atoms with van der Waals surface area (Å²) in [6.45, 7) is 2.05. The van der Waals surface area contributed by atoms with Crippen LogP contribution >= 0.6 is 0 Å². The number of benzene rings is 1. The van der Waals surface area contributed by atoms with Gasteiger partial charge in [0.05, 0.1) is 0 Å². The zero-order chi connectivity index (χ0) is 11.7. The molecule has 1 aromatic carbocycles. The van der Waals surface area contributed by atoms with Crippen LogP contribution in [-0.4, -0.2) is 13.1 Å². The molecule has 92 valence electrons. The summed E-state index contributed by atoms with van der Waals surface area (Å²) in [5.41, 5.74) is 1.31. The van der Waals surface area contributed by atoms with E-state index in [2.05, 4.69) is 5.32 Å². The van der Waals surface area contributed by atoms with Crippen LogP contribution in [0.15, 0.2) is 24.3 Å². The molecule has 0 aromatic heterocycles. The molecule has 1 heterocycles. The van der Waals surface area contributed by atoms with Crippen LogP contribution in [0.3, 0.4) is 0 Å². The summed E-state index contributed by atoms with van der Waals surface area (Å²) in [4.78, 5) is 0. The van der Waals surface area contributed by atoms with Crippen molar-refractivity contribution in [1.82, 2.24) is 5.32 Å². The predicted octanol–water partition coefficient (Wildman–Crippen LogP) is 3.46. The molecule has 2 fully saturated rings. The fourth-order valence-electron chi connectivity index (χ4n) is 3.85. The number of hydrogen-bond donors (Lipinski definition) is 1. The maximum atomic E-state index is 14.0. The van der Waals surface area contributed by atoms with E-state index >= 15 is 0 Å². The van der Waals surface area contributed by atoms with E-state index in [1.54, 1.807) is 12.1 Å². The second-order valence-electron chi connectivity index (χ2n) is 5.60. The predicted molar refractivity (Wildman–Crippen MR) is 67.5 cm³/mol. The van der Waals surface area contributed by atoms with Crippen LogP contribution < -0.4 is 5.32 Å². The van der Waals surface area contributed by atoms with Crippen molar-refractivity contribution < 1.29 is 4.39 Å². The van der Waals surface area contributed by atoms with Crippen LogP contribution in [0.1, 0.15) is 43.6 Å². The molecular formula is C15H20FN. The zero-order valence-electron chi connectivity index (χ0n) is 10.2. The number of piperidine rings is 1. The molecular weight excluding hydrogens is 213 g/mol. The maximum absolute atomic E-state index is 14.0. The van der Waals surface area contributed by atoms with E-state index in [9.17, 15) is 4.39 Å². The molecule has 0 bridgehead atoms. The van der Waals surface area contributed by atoms with Gasteiger partial charge >= 0.3 is 0 Å². The first-order chi connectivity index (χ1) is 8.32. The molecule has 0 radical (unpaired) electrons. The highest BCUT2D eigenvalue weighted by molar-refractivity contribution is 5.26. The quantitative estimate of drug-likeness (QED) is 0.783. The van der Waals surface area contributed by atoms with Gasteiger partial charge in [-0.25, -0.2) is 4.39 Å². The molecule has 1 N–H and O–H groups in total. The number of rotatable bonds is 1. The lowest BCUT2D eigenvalue weighted by Gasteiger charge is -2.42. The number of halogens is 1. The Labute approximate surface area is 102 Å². The Morgan fingerprint density at radius 3 is 2.65 bits per heavy atom. The summed E-state index contributed by atoms with van der Waals surface area (Å²) in [5, 5.41) is 3.45. The SMILES string of the molecule is Fc1ccccc1C1CNCCC12CCCC2.